The molecule has 2 aromatic rings. The van der Waals surface area contributed by atoms with E-state index in [0.29, 0.717) is 24.8 Å². The molecular formula is C15H18FN3OS. The Morgan fingerprint density at radius 2 is 2.19 bits per heavy atom. The number of nitrogens with zero attached hydrogens (tertiary/aromatic N) is 3. The van der Waals surface area contributed by atoms with Crippen molar-refractivity contribution in [2.24, 2.45) is 5.92 Å². The number of halogens is 1. The SMILES string of the molecule is FC1CCN(c2nc3ccc(OCC4CCC4)nc3s2)C1. The van der Waals surface area contributed by atoms with Crippen LogP contribution in [0.3, 0.4) is 0 Å². The van der Waals surface area contributed by atoms with Crippen LogP contribution in [0.2, 0.25) is 0 Å². The molecule has 1 aliphatic carbocycles. The van der Waals surface area contributed by atoms with E-state index in [1.807, 2.05) is 17.0 Å². The van der Waals surface area contributed by atoms with Gasteiger partial charge in [-0.25, -0.2) is 14.4 Å². The van der Waals surface area contributed by atoms with Gasteiger partial charge in [0.2, 0.25) is 5.88 Å². The van der Waals surface area contributed by atoms with Crippen molar-refractivity contribution in [2.45, 2.75) is 31.9 Å². The Balaban J connectivity index is 1.50. The molecule has 0 aromatic carbocycles. The van der Waals surface area contributed by atoms with Crippen molar-refractivity contribution in [3.05, 3.63) is 12.1 Å². The second-order valence-electron chi connectivity index (χ2n) is 5.91. The Kier molecular flexibility index (Phi) is 3.41. The fourth-order valence-electron chi connectivity index (χ4n) is 2.76. The van der Waals surface area contributed by atoms with Crippen LogP contribution in [0.25, 0.3) is 10.3 Å². The number of pyridine rings is 1. The lowest BCUT2D eigenvalue weighted by atomic mass is 9.86. The molecule has 0 bridgehead atoms. The molecule has 0 N–H and O–H groups in total. The molecule has 0 spiro atoms. The van der Waals surface area contributed by atoms with Crippen LogP contribution < -0.4 is 9.64 Å². The van der Waals surface area contributed by atoms with Gasteiger partial charge in [-0.15, -0.1) is 0 Å². The molecule has 1 saturated carbocycles. The summed E-state index contributed by atoms with van der Waals surface area (Å²) < 4.78 is 19.1. The van der Waals surface area contributed by atoms with E-state index in [2.05, 4.69) is 9.97 Å². The Morgan fingerprint density at radius 1 is 1.29 bits per heavy atom. The third kappa shape index (κ3) is 2.69. The van der Waals surface area contributed by atoms with Gasteiger partial charge >= 0.3 is 0 Å². The minimum absolute atomic E-state index is 0.449. The largest absolute Gasteiger partial charge is 0.477 e. The Morgan fingerprint density at radius 3 is 2.90 bits per heavy atom. The zero-order valence-corrected chi connectivity index (χ0v) is 12.6. The van der Waals surface area contributed by atoms with Crippen LogP contribution in [0.15, 0.2) is 12.1 Å². The second-order valence-corrected chi connectivity index (χ2v) is 6.87. The predicted octanol–water partition coefficient (Wildman–Crippen LogP) is 3.42. The van der Waals surface area contributed by atoms with Crippen LogP contribution in [0, 0.1) is 5.92 Å². The summed E-state index contributed by atoms with van der Waals surface area (Å²) in [6, 6.07) is 3.83. The van der Waals surface area contributed by atoms with E-state index in [-0.39, 0.29) is 0 Å². The van der Waals surface area contributed by atoms with Crippen LogP contribution in [-0.2, 0) is 0 Å². The van der Waals surface area contributed by atoms with E-state index >= 15 is 0 Å². The molecule has 0 amide bonds. The van der Waals surface area contributed by atoms with Gasteiger partial charge in [-0.2, -0.15) is 0 Å². The molecule has 112 valence electrons. The molecule has 2 fully saturated rings. The van der Waals surface area contributed by atoms with Gasteiger partial charge in [0, 0.05) is 12.6 Å². The van der Waals surface area contributed by atoms with Crippen LogP contribution in [-0.4, -0.2) is 35.8 Å². The summed E-state index contributed by atoms with van der Waals surface area (Å²) >= 11 is 1.52. The van der Waals surface area contributed by atoms with Gasteiger partial charge in [-0.05, 0) is 31.2 Å². The van der Waals surface area contributed by atoms with Crippen molar-refractivity contribution in [2.75, 3.05) is 24.6 Å². The second kappa shape index (κ2) is 5.40. The Bertz CT molecular complexity index is 643. The predicted molar refractivity (Wildman–Crippen MR) is 82.0 cm³/mol. The van der Waals surface area contributed by atoms with E-state index in [9.17, 15) is 4.39 Å². The highest BCUT2D eigenvalue weighted by molar-refractivity contribution is 7.21. The summed E-state index contributed by atoms with van der Waals surface area (Å²) in [6.07, 6.45) is 3.73. The van der Waals surface area contributed by atoms with Crippen LogP contribution >= 0.6 is 11.3 Å². The molecule has 1 atom stereocenters. The molecule has 1 saturated heterocycles. The number of hydrogen-bond acceptors (Lipinski definition) is 5. The molecule has 3 heterocycles. The number of aromatic nitrogens is 2. The van der Waals surface area contributed by atoms with Gasteiger partial charge in [-0.3, -0.25) is 0 Å². The summed E-state index contributed by atoms with van der Waals surface area (Å²) in [4.78, 5) is 12.0. The van der Waals surface area contributed by atoms with Crippen LogP contribution in [0.4, 0.5) is 9.52 Å². The molecule has 0 radical (unpaired) electrons. The van der Waals surface area contributed by atoms with E-state index in [0.717, 1.165) is 28.6 Å². The molecule has 2 aromatic heterocycles. The van der Waals surface area contributed by atoms with Crippen LogP contribution in [0.5, 0.6) is 5.88 Å². The fourth-order valence-corrected chi connectivity index (χ4v) is 3.72. The van der Waals surface area contributed by atoms with E-state index in [1.165, 1.54) is 30.6 Å². The molecular weight excluding hydrogens is 289 g/mol. The maximum atomic E-state index is 13.3. The van der Waals surface area contributed by atoms with Gasteiger partial charge in [0.25, 0.3) is 0 Å². The molecule has 21 heavy (non-hydrogen) atoms. The summed E-state index contributed by atoms with van der Waals surface area (Å²) in [5.41, 5.74) is 0.869. The van der Waals surface area contributed by atoms with E-state index in [4.69, 9.17) is 4.74 Å². The first-order chi connectivity index (χ1) is 10.3. The lowest BCUT2D eigenvalue weighted by Gasteiger charge is -2.24. The maximum absolute atomic E-state index is 13.3. The van der Waals surface area contributed by atoms with Crippen molar-refractivity contribution >= 4 is 26.8 Å². The molecule has 2 aliphatic rings. The Hall–Kier alpha value is -1.43. The monoisotopic (exact) mass is 307 g/mol. The van der Waals surface area contributed by atoms with Crippen LogP contribution in [0.1, 0.15) is 25.7 Å². The smallest absolute Gasteiger partial charge is 0.214 e. The van der Waals surface area contributed by atoms with Crippen molar-refractivity contribution < 1.29 is 9.13 Å². The van der Waals surface area contributed by atoms with Gasteiger partial charge in [0.1, 0.15) is 16.5 Å². The van der Waals surface area contributed by atoms with Gasteiger partial charge < -0.3 is 9.64 Å². The van der Waals surface area contributed by atoms with Crippen molar-refractivity contribution in [3.63, 3.8) is 0 Å². The van der Waals surface area contributed by atoms with Crippen molar-refractivity contribution in [1.29, 1.82) is 0 Å². The van der Waals surface area contributed by atoms with Crippen molar-refractivity contribution in [1.82, 2.24) is 9.97 Å². The third-order valence-electron chi connectivity index (χ3n) is 4.31. The lowest BCUT2D eigenvalue weighted by molar-refractivity contribution is 0.176. The average molecular weight is 307 g/mol. The number of anilines is 1. The number of alkyl halides is 1. The highest BCUT2D eigenvalue weighted by Crippen LogP contribution is 2.32. The highest BCUT2D eigenvalue weighted by atomic mass is 32.1. The van der Waals surface area contributed by atoms with Gasteiger partial charge in [0.05, 0.1) is 13.2 Å². The topological polar surface area (TPSA) is 38.2 Å². The first kappa shape index (κ1) is 13.2. The quantitative estimate of drug-likeness (QED) is 0.867. The molecule has 4 nitrogen and oxygen atoms in total. The normalized spacial score (nSPS) is 22.7. The number of thiazole rings is 1. The zero-order valence-electron chi connectivity index (χ0n) is 11.8. The van der Waals surface area contributed by atoms with Crippen molar-refractivity contribution in [3.8, 4) is 5.88 Å². The van der Waals surface area contributed by atoms with E-state index < -0.39 is 6.17 Å². The summed E-state index contributed by atoms with van der Waals surface area (Å²) in [6.45, 7) is 1.96. The minimum Gasteiger partial charge on any atom is -0.477 e. The maximum Gasteiger partial charge on any atom is 0.214 e. The summed E-state index contributed by atoms with van der Waals surface area (Å²) in [5.74, 6) is 1.37. The van der Waals surface area contributed by atoms with Gasteiger partial charge in [-0.1, -0.05) is 17.8 Å². The molecule has 1 aliphatic heterocycles. The molecule has 6 heteroatoms. The number of hydrogen-bond donors (Lipinski definition) is 0. The number of ether oxygens (including phenoxy) is 1. The number of rotatable bonds is 4. The zero-order chi connectivity index (χ0) is 14.2. The Labute approximate surface area is 127 Å². The fraction of sp³-hybridized carbons (Fsp3) is 0.600. The average Bonchev–Trinajstić information content (AvgIpc) is 3.02. The highest BCUT2D eigenvalue weighted by Gasteiger charge is 2.24. The summed E-state index contributed by atoms with van der Waals surface area (Å²) in [5, 5.41) is 0.869. The van der Waals surface area contributed by atoms with E-state index in [1.54, 1.807) is 0 Å². The first-order valence-corrected chi connectivity index (χ1v) is 8.39. The lowest BCUT2D eigenvalue weighted by Crippen LogP contribution is -2.19. The minimum atomic E-state index is -0.730. The number of fused-ring (bicyclic) bond motifs is 1. The summed E-state index contributed by atoms with van der Waals surface area (Å²) in [7, 11) is 0. The standard InChI is InChI=1S/C15H18FN3OS/c16-11-6-7-19(8-11)15-17-12-4-5-13(18-14(12)21-15)20-9-10-2-1-3-10/h4-5,10-11H,1-3,6-9H2. The third-order valence-corrected chi connectivity index (χ3v) is 5.34. The molecule has 4 rings (SSSR count). The first-order valence-electron chi connectivity index (χ1n) is 7.57. The van der Waals surface area contributed by atoms with Gasteiger partial charge in [0.15, 0.2) is 5.13 Å². The molecule has 1 unspecified atom stereocenters.